The van der Waals surface area contributed by atoms with Crippen LogP contribution in [0, 0.1) is 5.92 Å². The molecule has 0 bridgehead atoms. The van der Waals surface area contributed by atoms with E-state index in [0.29, 0.717) is 25.7 Å². The number of ether oxygens (including phenoxy) is 2. The number of hydrogen-bond donors (Lipinski definition) is 0. The maximum absolute atomic E-state index is 11.9. The number of halogens is 1. The molecule has 2 aromatic carbocycles. The van der Waals surface area contributed by atoms with Gasteiger partial charge >= 0.3 is 12.0 Å². The fourth-order valence-corrected chi connectivity index (χ4v) is 8.06. The number of carbonyl (C=O) groups excluding carboxylic acids is 1. The first-order valence-electron chi connectivity index (χ1n) is 14.7. The van der Waals surface area contributed by atoms with Crippen LogP contribution in [-0.2, 0) is 22.5 Å². The van der Waals surface area contributed by atoms with E-state index in [4.69, 9.17) is 31.0 Å². The lowest BCUT2D eigenvalue weighted by Gasteiger charge is -2.44. The molecule has 8 nitrogen and oxygen atoms in total. The SMILES string of the molecule is O=C1OC2CN(c3nc(OCC45CCCN4CCC5)nc4c3CCN(c3cccc5cccc(Cl)c35)C4)CCC12. The Morgan fingerprint density at radius 3 is 2.65 bits per heavy atom. The predicted molar refractivity (Wildman–Crippen MR) is 154 cm³/mol. The van der Waals surface area contributed by atoms with Crippen LogP contribution in [0.15, 0.2) is 36.4 Å². The molecule has 6 heterocycles. The van der Waals surface area contributed by atoms with E-state index in [1.54, 1.807) is 0 Å². The van der Waals surface area contributed by atoms with Crippen molar-refractivity contribution in [3.05, 3.63) is 52.7 Å². The minimum Gasteiger partial charge on any atom is -0.461 e. The molecule has 5 aliphatic rings. The van der Waals surface area contributed by atoms with Gasteiger partial charge in [0, 0.05) is 29.7 Å². The molecule has 5 aliphatic heterocycles. The van der Waals surface area contributed by atoms with Gasteiger partial charge in [-0.25, -0.2) is 0 Å². The highest BCUT2D eigenvalue weighted by Crippen LogP contribution is 2.41. The van der Waals surface area contributed by atoms with Gasteiger partial charge in [-0.15, -0.1) is 0 Å². The fraction of sp³-hybridized carbons (Fsp3) is 0.516. The van der Waals surface area contributed by atoms with E-state index in [1.807, 2.05) is 12.1 Å². The normalized spacial score (nSPS) is 25.3. The zero-order valence-electron chi connectivity index (χ0n) is 22.6. The number of anilines is 2. The van der Waals surface area contributed by atoms with Crippen LogP contribution in [0.5, 0.6) is 6.01 Å². The molecule has 0 aliphatic carbocycles. The topological polar surface area (TPSA) is 71.0 Å². The first kappa shape index (κ1) is 24.7. The largest absolute Gasteiger partial charge is 0.461 e. The zero-order valence-corrected chi connectivity index (χ0v) is 23.4. The third-order valence-corrected chi connectivity index (χ3v) is 10.2. The number of esters is 1. The van der Waals surface area contributed by atoms with Crippen molar-refractivity contribution in [3.63, 3.8) is 0 Å². The van der Waals surface area contributed by atoms with E-state index in [0.717, 1.165) is 72.0 Å². The van der Waals surface area contributed by atoms with Gasteiger partial charge in [0.15, 0.2) is 0 Å². The maximum atomic E-state index is 11.9. The zero-order chi connectivity index (χ0) is 26.8. The standard InChI is InChI=1S/C31H34ClN5O3/c32-23-7-1-5-20-6-2-8-25(27(20)23)35-15-9-21-24(17-35)33-30(39-19-31-11-3-13-37(31)14-4-12-31)34-28(21)36-16-10-22-26(18-36)40-29(22)38/h1-2,5-8,22,26H,3-4,9-19H2. The smallest absolute Gasteiger partial charge is 0.318 e. The van der Waals surface area contributed by atoms with Crippen LogP contribution >= 0.6 is 11.6 Å². The van der Waals surface area contributed by atoms with Crippen molar-refractivity contribution in [3.8, 4) is 6.01 Å². The molecular weight excluding hydrogens is 526 g/mol. The van der Waals surface area contributed by atoms with Gasteiger partial charge in [-0.3, -0.25) is 9.69 Å². The van der Waals surface area contributed by atoms with Crippen LogP contribution in [0.1, 0.15) is 43.4 Å². The summed E-state index contributed by atoms with van der Waals surface area (Å²) in [6.07, 6.45) is 6.42. The van der Waals surface area contributed by atoms with Gasteiger partial charge in [0.2, 0.25) is 0 Å². The summed E-state index contributed by atoms with van der Waals surface area (Å²) in [5.41, 5.74) is 3.45. The van der Waals surface area contributed by atoms with Gasteiger partial charge in [0.1, 0.15) is 18.5 Å². The molecule has 4 fully saturated rings. The lowest BCUT2D eigenvalue weighted by molar-refractivity contribution is -0.185. The molecule has 0 spiro atoms. The van der Waals surface area contributed by atoms with E-state index in [9.17, 15) is 4.79 Å². The number of hydrogen-bond acceptors (Lipinski definition) is 8. The van der Waals surface area contributed by atoms with Crippen molar-refractivity contribution < 1.29 is 14.3 Å². The minimum atomic E-state index is -0.0558. The molecule has 4 saturated heterocycles. The molecule has 0 amide bonds. The lowest BCUT2D eigenvalue weighted by Crippen LogP contribution is -2.57. The van der Waals surface area contributed by atoms with Crippen molar-refractivity contribution in [2.45, 2.75) is 56.7 Å². The molecular formula is C31H34ClN5O3. The van der Waals surface area contributed by atoms with Crippen LogP contribution < -0.4 is 14.5 Å². The number of piperidine rings is 1. The maximum Gasteiger partial charge on any atom is 0.318 e. The molecule has 0 N–H and O–H groups in total. The van der Waals surface area contributed by atoms with Gasteiger partial charge < -0.3 is 19.3 Å². The highest BCUT2D eigenvalue weighted by molar-refractivity contribution is 6.36. The Labute approximate surface area is 239 Å². The van der Waals surface area contributed by atoms with Crippen LogP contribution in [0.25, 0.3) is 10.8 Å². The van der Waals surface area contributed by atoms with Gasteiger partial charge in [0.05, 0.1) is 35.3 Å². The third kappa shape index (κ3) is 3.94. The molecule has 3 aromatic rings. The van der Waals surface area contributed by atoms with Crippen molar-refractivity contribution in [1.29, 1.82) is 0 Å². The molecule has 0 saturated carbocycles. The Hall–Kier alpha value is -3.10. The number of aromatic nitrogens is 2. The quantitative estimate of drug-likeness (QED) is 0.420. The molecule has 1 aromatic heterocycles. The summed E-state index contributed by atoms with van der Waals surface area (Å²) in [4.78, 5) is 29.2. The Bertz CT molecular complexity index is 1480. The molecule has 208 valence electrons. The van der Waals surface area contributed by atoms with Gasteiger partial charge in [-0.1, -0.05) is 35.9 Å². The Morgan fingerprint density at radius 1 is 1.02 bits per heavy atom. The van der Waals surface area contributed by atoms with Crippen molar-refractivity contribution >= 4 is 39.8 Å². The second-order valence-corrected chi connectivity index (χ2v) is 12.5. The summed E-state index contributed by atoms with van der Waals surface area (Å²) in [5, 5.41) is 2.98. The van der Waals surface area contributed by atoms with Gasteiger partial charge in [0.25, 0.3) is 0 Å². The molecule has 0 radical (unpaired) electrons. The number of carbonyl (C=O) groups is 1. The number of fused-ring (bicyclic) bond motifs is 4. The number of benzene rings is 2. The highest BCUT2D eigenvalue weighted by atomic mass is 35.5. The lowest BCUT2D eigenvalue weighted by atomic mass is 9.89. The fourth-order valence-electron chi connectivity index (χ4n) is 7.78. The van der Waals surface area contributed by atoms with E-state index >= 15 is 0 Å². The summed E-state index contributed by atoms with van der Waals surface area (Å²) in [6, 6.07) is 12.9. The summed E-state index contributed by atoms with van der Waals surface area (Å²) in [7, 11) is 0. The highest BCUT2D eigenvalue weighted by Gasteiger charge is 2.47. The van der Waals surface area contributed by atoms with Crippen molar-refractivity contribution in [1.82, 2.24) is 14.9 Å². The monoisotopic (exact) mass is 559 g/mol. The molecule has 2 atom stereocenters. The van der Waals surface area contributed by atoms with Crippen LogP contribution in [0.3, 0.4) is 0 Å². The predicted octanol–water partition coefficient (Wildman–Crippen LogP) is 4.60. The number of nitrogens with zero attached hydrogens (tertiary/aromatic N) is 5. The van der Waals surface area contributed by atoms with Gasteiger partial charge in [-0.05, 0) is 69.1 Å². The molecule has 8 rings (SSSR count). The summed E-state index contributed by atoms with van der Waals surface area (Å²) >= 11 is 6.70. The Balaban J connectivity index is 1.13. The summed E-state index contributed by atoms with van der Waals surface area (Å²) < 4.78 is 12.0. The Morgan fingerprint density at radius 2 is 1.85 bits per heavy atom. The minimum absolute atomic E-state index is 0.0334. The van der Waals surface area contributed by atoms with Crippen molar-refractivity contribution in [2.24, 2.45) is 5.92 Å². The molecule has 2 unspecified atom stereocenters. The van der Waals surface area contributed by atoms with E-state index in [1.165, 1.54) is 31.2 Å². The summed E-state index contributed by atoms with van der Waals surface area (Å²) in [5.74, 6) is 0.926. The average molecular weight is 560 g/mol. The van der Waals surface area contributed by atoms with Crippen molar-refractivity contribution in [2.75, 3.05) is 49.1 Å². The van der Waals surface area contributed by atoms with Crippen LogP contribution in [-0.4, -0.2) is 71.8 Å². The van der Waals surface area contributed by atoms with E-state index in [2.05, 4.69) is 39.0 Å². The Kier molecular flexibility index (Phi) is 5.85. The van der Waals surface area contributed by atoms with E-state index in [-0.39, 0.29) is 23.5 Å². The first-order chi connectivity index (χ1) is 19.6. The average Bonchev–Trinajstić information content (AvgIpc) is 3.55. The first-order valence-corrected chi connectivity index (χ1v) is 15.1. The second-order valence-electron chi connectivity index (χ2n) is 12.1. The van der Waals surface area contributed by atoms with Crippen LogP contribution in [0.4, 0.5) is 11.5 Å². The van der Waals surface area contributed by atoms with Gasteiger partial charge in [-0.2, -0.15) is 9.97 Å². The summed E-state index contributed by atoms with van der Waals surface area (Å²) in [6.45, 7) is 5.95. The second kappa shape index (κ2) is 9.48. The molecule has 40 heavy (non-hydrogen) atoms. The molecule has 9 heteroatoms. The number of rotatable bonds is 5. The third-order valence-electron chi connectivity index (χ3n) is 9.91. The van der Waals surface area contributed by atoms with E-state index < -0.39 is 0 Å². The van der Waals surface area contributed by atoms with Crippen LogP contribution in [0.2, 0.25) is 5.02 Å².